The Kier molecular flexibility index (Phi) is 5.92. The van der Waals surface area contributed by atoms with Crippen LogP contribution < -0.4 is 14.3 Å². The minimum atomic E-state index is -0.881. The van der Waals surface area contributed by atoms with Crippen LogP contribution in [0.3, 0.4) is 0 Å². The number of carbonyl (C=O) groups is 2. The third kappa shape index (κ3) is 3.97. The third-order valence-corrected chi connectivity index (χ3v) is 5.07. The summed E-state index contributed by atoms with van der Waals surface area (Å²) in [5, 5.41) is 0. The van der Waals surface area contributed by atoms with Crippen LogP contribution in [0.15, 0.2) is 35.3 Å². The average Bonchev–Trinajstić information content (AvgIpc) is 3.03. The Balaban J connectivity index is 2.22. The Labute approximate surface area is 167 Å². The molecule has 0 N–H and O–H groups in total. The van der Waals surface area contributed by atoms with Gasteiger partial charge in [0.05, 0.1) is 37.1 Å². The minimum absolute atomic E-state index is 0.00442. The number of ether oxygens (including phenoxy) is 3. The number of benzene rings is 2. The maximum atomic E-state index is 14.4. The van der Waals surface area contributed by atoms with Crippen LogP contribution in [0.4, 0.5) is 8.78 Å². The largest absolute Gasteiger partial charge is 0.493 e. The van der Waals surface area contributed by atoms with E-state index in [4.69, 9.17) is 9.47 Å². The van der Waals surface area contributed by atoms with E-state index in [1.165, 1.54) is 32.0 Å². The van der Waals surface area contributed by atoms with Gasteiger partial charge in [-0.05, 0) is 18.2 Å². The van der Waals surface area contributed by atoms with Gasteiger partial charge in [-0.2, -0.15) is 4.99 Å². The van der Waals surface area contributed by atoms with Crippen molar-refractivity contribution in [1.29, 1.82) is 0 Å². The van der Waals surface area contributed by atoms with Gasteiger partial charge in [0.2, 0.25) is 0 Å². The van der Waals surface area contributed by atoms with Crippen LogP contribution in [-0.4, -0.2) is 37.8 Å². The van der Waals surface area contributed by atoms with E-state index < -0.39 is 30.1 Å². The summed E-state index contributed by atoms with van der Waals surface area (Å²) in [5.74, 6) is -2.53. The zero-order chi connectivity index (χ0) is 21.1. The molecule has 0 fully saturated rings. The highest BCUT2D eigenvalue weighted by atomic mass is 32.1. The lowest BCUT2D eigenvalue weighted by atomic mass is 10.2. The van der Waals surface area contributed by atoms with E-state index in [1.807, 2.05) is 0 Å². The number of hydrogen-bond acceptors (Lipinski definition) is 6. The molecule has 7 nitrogen and oxygen atoms in total. The molecule has 0 bridgehead atoms. The molecular weight excluding hydrogens is 406 g/mol. The van der Waals surface area contributed by atoms with E-state index in [0.717, 1.165) is 17.4 Å². The van der Waals surface area contributed by atoms with Crippen LogP contribution in [0.5, 0.6) is 11.5 Å². The zero-order valence-corrected chi connectivity index (χ0v) is 16.5. The van der Waals surface area contributed by atoms with Crippen molar-refractivity contribution in [3.63, 3.8) is 0 Å². The standard InChI is InChI=1S/C19H16F2N2O5S/c1-26-13-6-4-5-11(17(13)28-3)18(25)22-19-23(9-15(24)27-2)16-12(21)7-10(20)8-14(16)29-19/h4-8H,9H2,1-3H3. The normalized spacial score (nSPS) is 11.6. The molecule has 152 valence electrons. The number of methoxy groups -OCH3 is 3. The first-order chi connectivity index (χ1) is 13.9. The highest BCUT2D eigenvalue weighted by Crippen LogP contribution is 2.31. The number of rotatable bonds is 5. The van der Waals surface area contributed by atoms with E-state index >= 15 is 0 Å². The van der Waals surface area contributed by atoms with Crippen molar-refractivity contribution >= 4 is 33.4 Å². The van der Waals surface area contributed by atoms with Crippen molar-refractivity contribution in [3.05, 3.63) is 52.3 Å². The summed E-state index contributed by atoms with van der Waals surface area (Å²) in [6, 6.07) is 6.49. The van der Waals surface area contributed by atoms with E-state index in [9.17, 15) is 18.4 Å². The maximum absolute atomic E-state index is 14.4. The van der Waals surface area contributed by atoms with Crippen LogP contribution in [0.1, 0.15) is 10.4 Å². The quantitative estimate of drug-likeness (QED) is 0.591. The van der Waals surface area contributed by atoms with Gasteiger partial charge in [-0.1, -0.05) is 17.4 Å². The van der Waals surface area contributed by atoms with Crippen molar-refractivity contribution in [2.75, 3.05) is 21.3 Å². The molecule has 3 rings (SSSR count). The minimum Gasteiger partial charge on any atom is -0.493 e. The molecule has 3 aromatic rings. The second kappa shape index (κ2) is 8.39. The predicted molar refractivity (Wildman–Crippen MR) is 101 cm³/mol. The summed E-state index contributed by atoms with van der Waals surface area (Å²) in [7, 11) is 3.98. The smallest absolute Gasteiger partial charge is 0.325 e. The van der Waals surface area contributed by atoms with Crippen molar-refractivity contribution in [1.82, 2.24) is 4.57 Å². The van der Waals surface area contributed by atoms with Gasteiger partial charge in [0.1, 0.15) is 12.4 Å². The molecule has 29 heavy (non-hydrogen) atoms. The second-order valence-corrected chi connectivity index (χ2v) is 6.75. The molecule has 0 aliphatic carbocycles. The average molecular weight is 422 g/mol. The van der Waals surface area contributed by atoms with Crippen molar-refractivity contribution in [2.24, 2.45) is 4.99 Å². The summed E-state index contributed by atoms with van der Waals surface area (Å²) in [6.07, 6.45) is 0. The lowest BCUT2D eigenvalue weighted by molar-refractivity contribution is -0.141. The molecule has 0 aliphatic heterocycles. The number of fused-ring (bicyclic) bond motifs is 1. The van der Waals surface area contributed by atoms with Crippen LogP contribution in [0, 0.1) is 11.6 Å². The number of thiazole rings is 1. The molecule has 2 aromatic carbocycles. The van der Waals surface area contributed by atoms with Gasteiger partial charge in [0.25, 0.3) is 5.91 Å². The first-order valence-corrected chi connectivity index (χ1v) is 9.06. The first kappa shape index (κ1) is 20.5. The highest BCUT2D eigenvalue weighted by molar-refractivity contribution is 7.16. The molecule has 0 aliphatic rings. The van der Waals surface area contributed by atoms with Gasteiger partial charge in [0.15, 0.2) is 22.1 Å². The number of amides is 1. The number of halogens is 2. The van der Waals surface area contributed by atoms with Gasteiger partial charge < -0.3 is 18.8 Å². The first-order valence-electron chi connectivity index (χ1n) is 8.24. The van der Waals surface area contributed by atoms with Crippen LogP contribution in [-0.2, 0) is 16.1 Å². The number of nitrogens with zero attached hydrogens (tertiary/aromatic N) is 2. The number of para-hydroxylation sites is 1. The highest BCUT2D eigenvalue weighted by Gasteiger charge is 2.19. The molecule has 1 aromatic heterocycles. The molecule has 10 heteroatoms. The number of aromatic nitrogens is 1. The zero-order valence-electron chi connectivity index (χ0n) is 15.7. The van der Waals surface area contributed by atoms with Crippen molar-refractivity contribution in [2.45, 2.75) is 6.54 Å². The van der Waals surface area contributed by atoms with Crippen LogP contribution in [0.2, 0.25) is 0 Å². The van der Waals surface area contributed by atoms with Crippen LogP contribution in [0.25, 0.3) is 10.2 Å². The Morgan fingerprint density at radius 1 is 1.14 bits per heavy atom. The van der Waals surface area contributed by atoms with Crippen molar-refractivity contribution < 1.29 is 32.6 Å². The lowest BCUT2D eigenvalue weighted by Crippen LogP contribution is -2.23. The van der Waals surface area contributed by atoms with Gasteiger partial charge in [-0.15, -0.1) is 0 Å². The Bertz CT molecular complexity index is 1170. The molecule has 0 atom stereocenters. The summed E-state index contributed by atoms with van der Waals surface area (Å²) < 4.78 is 44.4. The lowest BCUT2D eigenvalue weighted by Gasteiger charge is -2.10. The monoisotopic (exact) mass is 422 g/mol. The molecule has 1 amide bonds. The Morgan fingerprint density at radius 2 is 1.90 bits per heavy atom. The maximum Gasteiger partial charge on any atom is 0.325 e. The van der Waals surface area contributed by atoms with Crippen molar-refractivity contribution in [3.8, 4) is 11.5 Å². The Hall–Kier alpha value is -3.27. The predicted octanol–water partition coefficient (Wildman–Crippen LogP) is 2.91. The van der Waals surface area contributed by atoms with E-state index in [1.54, 1.807) is 12.1 Å². The topological polar surface area (TPSA) is 79.1 Å². The molecule has 0 saturated carbocycles. The van der Waals surface area contributed by atoms with E-state index in [0.29, 0.717) is 11.8 Å². The van der Waals surface area contributed by atoms with Crippen LogP contribution >= 0.6 is 11.3 Å². The second-order valence-electron chi connectivity index (χ2n) is 5.74. The van der Waals surface area contributed by atoms with Gasteiger partial charge >= 0.3 is 5.97 Å². The number of esters is 1. The van der Waals surface area contributed by atoms with Gasteiger partial charge in [0, 0.05) is 6.07 Å². The number of carbonyl (C=O) groups excluding carboxylic acids is 2. The van der Waals surface area contributed by atoms with Gasteiger partial charge in [-0.3, -0.25) is 9.59 Å². The third-order valence-electron chi connectivity index (χ3n) is 4.04. The fourth-order valence-corrected chi connectivity index (χ4v) is 3.82. The molecular formula is C19H16F2N2O5S. The number of hydrogen-bond donors (Lipinski definition) is 0. The summed E-state index contributed by atoms with van der Waals surface area (Å²) in [5.41, 5.74) is 0.0616. The molecule has 0 radical (unpaired) electrons. The van der Waals surface area contributed by atoms with Gasteiger partial charge in [-0.25, -0.2) is 8.78 Å². The summed E-state index contributed by atoms with van der Waals surface area (Å²) >= 11 is 0.867. The fraction of sp³-hybridized carbons (Fsp3) is 0.211. The fourth-order valence-electron chi connectivity index (χ4n) is 2.76. The molecule has 1 heterocycles. The van der Waals surface area contributed by atoms with E-state index in [2.05, 4.69) is 9.73 Å². The molecule has 0 spiro atoms. The molecule has 0 unspecified atom stereocenters. The summed E-state index contributed by atoms with van der Waals surface area (Å²) in [4.78, 5) is 28.6. The Morgan fingerprint density at radius 3 is 2.55 bits per heavy atom. The van der Waals surface area contributed by atoms with E-state index in [-0.39, 0.29) is 26.3 Å². The summed E-state index contributed by atoms with van der Waals surface area (Å²) in [6.45, 7) is -0.402. The SMILES string of the molecule is COC(=O)Cn1c(=NC(=O)c2cccc(OC)c2OC)sc2cc(F)cc(F)c21. The molecule has 0 saturated heterocycles.